The first kappa shape index (κ1) is 14.8. The summed E-state index contributed by atoms with van der Waals surface area (Å²) in [7, 11) is -3.68. The Morgan fingerprint density at radius 1 is 1.30 bits per heavy atom. The van der Waals surface area contributed by atoms with Gasteiger partial charge in [0.05, 0.1) is 4.90 Å². The van der Waals surface area contributed by atoms with Gasteiger partial charge < -0.3 is 5.73 Å². The molecule has 2 rings (SSSR count). The summed E-state index contributed by atoms with van der Waals surface area (Å²) in [5, 5.41) is 0.511. The number of hydrogen-bond acceptors (Lipinski definition) is 4. The summed E-state index contributed by atoms with van der Waals surface area (Å²) in [6, 6.07) is 9.32. The van der Waals surface area contributed by atoms with E-state index in [-0.39, 0.29) is 10.7 Å². The van der Waals surface area contributed by atoms with Crippen LogP contribution < -0.4 is 10.5 Å². The van der Waals surface area contributed by atoms with Crippen molar-refractivity contribution in [2.75, 3.05) is 5.73 Å². The van der Waals surface area contributed by atoms with Crippen LogP contribution in [0.5, 0.6) is 0 Å². The van der Waals surface area contributed by atoms with Gasteiger partial charge in [0.1, 0.15) is 5.82 Å². The van der Waals surface area contributed by atoms with E-state index in [1.54, 1.807) is 31.2 Å². The van der Waals surface area contributed by atoms with Crippen molar-refractivity contribution in [3.63, 3.8) is 0 Å². The van der Waals surface area contributed by atoms with Crippen molar-refractivity contribution in [1.82, 2.24) is 9.71 Å². The summed E-state index contributed by atoms with van der Waals surface area (Å²) in [6.07, 6.45) is 1.35. The Balaban J connectivity index is 2.27. The summed E-state index contributed by atoms with van der Waals surface area (Å²) >= 11 is 6.05. The number of sulfonamides is 1. The fourth-order valence-corrected chi connectivity index (χ4v) is 3.33. The Morgan fingerprint density at radius 2 is 2.00 bits per heavy atom. The average Bonchev–Trinajstić information content (AvgIpc) is 2.38. The summed E-state index contributed by atoms with van der Waals surface area (Å²) in [6.45, 7) is 1.73. The van der Waals surface area contributed by atoms with Crippen molar-refractivity contribution in [1.29, 1.82) is 0 Å². The van der Waals surface area contributed by atoms with Crippen LogP contribution in [0.2, 0.25) is 5.02 Å². The number of hydrogen-bond donors (Lipinski definition) is 2. The molecule has 2 aromatic rings. The summed E-state index contributed by atoms with van der Waals surface area (Å²) in [5.41, 5.74) is 6.20. The molecular formula is C13H14ClN3O2S. The Kier molecular flexibility index (Phi) is 4.27. The Morgan fingerprint density at radius 3 is 2.65 bits per heavy atom. The second-order valence-electron chi connectivity index (χ2n) is 4.28. The minimum Gasteiger partial charge on any atom is -0.384 e. The molecule has 0 radical (unpaired) electrons. The highest BCUT2D eigenvalue weighted by Gasteiger charge is 2.19. The number of benzene rings is 1. The number of nitrogens with one attached hydrogen (secondary N) is 1. The lowest BCUT2D eigenvalue weighted by molar-refractivity contribution is 0.567. The van der Waals surface area contributed by atoms with Crippen molar-refractivity contribution < 1.29 is 8.42 Å². The number of nitrogens with zero attached hydrogens (tertiary/aromatic N) is 1. The van der Waals surface area contributed by atoms with Crippen molar-refractivity contribution >= 4 is 27.4 Å². The molecule has 0 aliphatic heterocycles. The molecule has 1 aromatic heterocycles. The monoisotopic (exact) mass is 311 g/mol. The van der Waals surface area contributed by atoms with Crippen LogP contribution in [0.25, 0.3) is 0 Å². The largest absolute Gasteiger partial charge is 0.384 e. The number of nitrogen functional groups attached to an aromatic ring is 1. The second-order valence-corrected chi connectivity index (χ2v) is 6.40. The van der Waals surface area contributed by atoms with Crippen molar-refractivity contribution in [3.05, 3.63) is 53.2 Å². The number of rotatable bonds is 4. The van der Waals surface area contributed by atoms with Crippen molar-refractivity contribution in [3.8, 4) is 0 Å². The summed E-state index contributed by atoms with van der Waals surface area (Å²) in [5.74, 6) is 0.151. The Bertz CT molecular complexity index is 719. The Labute approximate surface area is 122 Å². The fourth-order valence-electron chi connectivity index (χ4n) is 1.79. The van der Waals surface area contributed by atoms with E-state index in [2.05, 4.69) is 9.71 Å². The van der Waals surface area contributed by atoms with Crippen molar-refractivity contribution in [2.24, 2.45) is 0 Å². The van der Waals surface area contributed by atoms with Crippen molar-refractivity contribution in [2.45, 2.75) is 17.9 Å². The molecular weight excluding hydrogens is 298 g/mol. The van der Waals surface area contributed by atoms with Gasteiger partial charge in [-0.3, -0.25) is 0 Å². The molecule has 0 saturated carbocycles. The van der Waals surface area contributed by atoms with Gasteiger partial charge in [-0.05, 0) is 24.6 Å². The van der Waals surface area contributed by atoms with E-state index in [4.69, 9.17) is 17.3 Å². The molecule has 0 amide bonds. The molecule has 7 heteroatoms. The van der Waals surface area contributed by atoms with Crippen LogP contribution in [0, 0.1) is 0 Å². The first-order valence-corrected chi connectivity index (χ1v) is 7.74. The van der Waals surface area contributed by atoms with E-state index < -0.39 is 16.1 Å². The van der Waals surface area contributed by atoms with Crippen LogP contribution in [0.1, 0.15) is 18.5 Å². The van der Waals surface area contributed by atoms with Gasteiger partial charge in [-0.15, -0.1) is 0 Å². The minimum absolute atomic E-state index is 0.0731. The van der Waals surface area contributed by atoms with Gasteiger partial charge in [-0.2, -0.15) is 0 Å². The third kappa shape index (κ3) is 3.27. The molecule has 0 aliphatic carbocycles. The molecule has 1 atom stereocenters. The molecule has 0 fully saturated rings. The highest BCUT2D eigenvalue weighted by Crippen LogP contribution is 2.24. The first-order valence-electron chi connectivity index (χ1n) is 5.88. The van der Waals surface area contributed by atoms with E-state index in [0.717, 1.165) is 0 Å². The lowest BCUT2D eigenvalue weighted by Crippen LogP contribution is -2.27. The highest BCUT2D eigenvalue weighted by molar-refractivity contribution is 7.89. The second kappa shape index (κ2) is 5.78. The van der Waals surface area contributed by atoms with E-state index in [1.165, 1.54) is 18.3 Å². The molecule has 3 N–H and O–H groups in total. The Hall–Kier alpha value is -1.63. The van der Waals surface area contributed by atoms with Crippen LogP contribution in [0.4, 0.5) is 5.82 Å². The fraction of sp³-hybridized carbons (Fsp3) is 0.154. The van der Waals surface area contributed by atoms with Gasteiger partial charge in [0.15, 0.2) is 0 Å². The number of nitrogens with two attached hydrogens (primary N) is 1. The lowest BCUT2D eigenvalue weighted by atomic mass is 10.1. The maximum atomic E-state index is 12.2. The van der Waals surface area contributed by atoms with E-state index in [1.807, 2.05) is 0 Å². The SMILES string of the molecule is CC(NS(=O)(=O)c1ccnc(N)c1)c1ccccc1Cl. The average molecular weight is 312 g/mol. The van der Waals surface area contributed by atoms with Crippen LogP contribution >= 0.6 is 11.6 Å². The molecule has 0 aliphatic rings. The number of halogens is 1. The maximum Gasteiger partial charge on any atom is 0.241 e. The molecule has 0 spiro atoms. The van der Waals surface area contributed by atoms with Crippen LogP contribution in [0.3, 0.4) is 0 Å². The zero-order chi connectivity index (χ0) is 14.8. The highest BCUT2D eigenvalue weighted by atomic mass is 35.5. The van der Waals surface area contributed by atoms with Gasteiger partial charge in [0.2, 0.25) is 10.0 Å². The molecule has 1 aromatic carbocycles. The predicted molar refractivity (Wildman–Crippen MR) is 78.8 cm³/mol. The number of anilines is 1. The molecule has 0 saturated heterocycles. The molecule has 5 nitrogen and oxygen atoms in total. The van der Waals surface area contributed by atoms with Gasteiger partial charge in [0.25, 0.3) is 0 Å². The lowest BCUT2D eigenvalue weighted by Gasteiger charge is -2.16. The normalized spacial score (nSPS) is 13.1. The molecule has 1 unspecified atom stereocenters. The third-order valence-electron chi connectivity index (χ3n) is 2.77. The molecule has 20 heavy (non-hydrogen) atoms. The van der Waals surface area contributed by atoms with E-state index in [9.17, 15) is 8.42 Å². The molecule has 106 valence electrons. The smallest absolute Gasteiger partial charge is 0.241 e. The molecule has 1 heterocycles. The van der Waals surface area contributed by atoms with Crippen LogP contribution in [-0.2, 0) is 10.0 Å². The number of aromatic nitrogens is 1. The zero-order valence-electron chi connectivity index (χ0n) is 10.7. The van der Waals surface area contributed by atoms with Crippen LogP contribution in [-0.4, -0.2) is 13.4 Å². The quantitative estimate of drug-likeness (QED) is 0.907. The summed E-state index contributed by atoms with van der Waals surface area (Å²) in [4.78, 5) is 3.84. The van der Waals surface area contributed by atoms with E-state index >= 15 is 0 Å². The number of pyridine rings is 1. The summed E-state index contributed by atoms with van der Waals surface area (Å²) < 4.78 is 27.0. The van der Waals surface area contributed by atoms with E-state index in [0.29, 0.717) is 10.6 Å². The van der Waals surface area contributed by atoms with Gasteiger partial charge in [-0.1, -0.05) is 29.8 Å². The third-order valence-corrected chi connectivity index (χ3v) is 4.65. The standard InChI is InChI=1S/C13H14ClN3O2S/c1-9(11-4-2-3-5-12(11)14)17-20(18,19)10-6-7-16-13(15)8-10/h2-9,17H,1H3,(H2,15,16). The maximum absolute atomic E-state index is 12.2. The topological polar surface area (TPSA) is 85.1 Å². The zero-order valence-corrected chi connectivity index (χ0v) is 12.3. The van der Waals surface area contributed by atoms with Crippen LogP contribution in [0.15, 0.2) is 47.5 Å². The van der Waals surface area contributed by atoms with Gasteiger partial charge in [-0.25, -0.2) is 18.1 Å². The van der Waals surface area contributed by atoms with Gasteiger partial charge >= 0.3 is 0 Å². The predicted octanol–water partition coefficient (Wildman–Crippen LogP) is 2.36. The minimum atomic E-state index is -3.68. The first-order chi connectivity index (χ1) is 9.40. The molecule has 0 bridgehead atoms. The van der Waals surface area contributed by atoms with Gasteiger partial charge in [0, 0.05) is 23.3 Å².